The van der Waals surface area contributed by atoms with Crippen molar-refractivity contribution in [1.29, 1.82) is 0 Å². The molecule has 1 N–H and O–H groups in total. The van der Waals surface area contributed by atoms with Crippen molar-refractivity contribution in [1.82, 2.24) is 0 Å². The minimum absolute atomic E-state index is 0.0130. The van der Waals surface area contributed by atoms with Crippen LogP contribution in [0.25, 0.3) is 0 Å². The minimum atomic E-state index is -0.330. The zero-order chi connectivity index (χ0) is 23.7. The third-order valence-corrected chi connectivity index (χ3v) is 7.14. The second-order valence-electron chi connectivity index (χ2n) is 9.11. The average molecular weight is 456 g/mol. The van der Waals surface area contributed by atoms with E-state index in [1.807, 2.05) is 24.3 Å². The molecule has 0 bridgehead atoms. The molecule has 5 heteroatoms. The molecule has 3 aromatic rings. The van der Waals surface area contributed by atoms with Crippen LogP contribution in [0.4, 0.5) is 21.5 Å². The van der Waals surface area contributed by atoms with E-state index in [2.05, 4.69) is 48.3 Å². The molecule has 2 aliphatic rings. The maximum atomic E-state index is 13.6. The van der Waals surface area contributed by atoms with Gasteiger partial charge in [-0.25, -0.2) is 4.39 Å². The fourth-order valence-electron chi connectivity index (χ4n) is 5.33. The van der Waals surface area contributed by atoms with Gasteiger partial charge in [0.05, 0.1) is 23.3 Å². The quantitative estimate of drug-likeness (QED) is 0.467. The van der Waals surface area contributed by atoms with E-state index >= 15 is 0 Å². The number of halogens is 1. The highest BCUT2D eigenvalue weighted by atomic mass is 19.1. The van der Waals surface area contributed by atoms with Crippen molar-refractivity contribution in [3.63, 3.8) is 0 Å². The minimum Gasteiger partial charge on any atom is -0.375 e. The second-order valence-corrected chi connectivity index (χ2v) is 9.11. The number of nitrogens with one attached hydrogen (secondary N) is 1. The van der Waals surface area contributed by atoms with Gasteiger partial charge in [0, 0.05) is 30.9 Å². The number of rotatable bonds is 5. The highest BCUT2D eigenvalue weighted by Crippen LogP contribution is 2.44. The van der Waals surface area contributed by atoms with E-state index in [1.54, 1.807) is 12.1 Å². The van der Waals surface area contributed by atoms with Gasteiger partial charge >= 0.3 is 0 Å². The first-order valence-electron chi connectivity index (χ1n) is 12.1. The van der Waals surface area contributed by atoms with Crippen molar-refractivity contribution in [3.8, 4) is 0 Å². The number of benzene rings is 3. The number of Topliss-reactive ketones (excluding diaryl/α,β-unsaturated/α-hetero) is 1. The SMILES string of the molecule is CCN(CC)c1ccc([C@@H]2Nc3ccccc3N=C3C[C@@H](c4ccc(F)cc4)CC(=O)[C@@H]32)cc1. The number of para-hydroxylation sites is 2. The fourth-order valence-corrected chi connectivity index (χ4v) is 5.33. The summed E-state index contributed by atoms with van der Waals surface area (Å²) in [6.45, 7) is 6.21. The monoisotopic (exact) mass is 455 g/mol. The lowest BCUT2D eigenvalue weighted by Crippen LogP contribution is -2.38. The first-order chi connectivity index (χ1) is 16.6. The number of carbonyl (C=O) groups excluding carboxylic acids is 1. The maximum absolute atomic E-state index is 13.6. The van der Waals surface area contributed by atoms with Crippen molar-refractivity contribution >= 4 is 28.6 Å². The molecule has 174 valence electrons. The molecule has 34 heavy (non-hydrogen) atoms. The Labute approximate surface area is 200 Å². The molecule has 3 aromatic carbocycles. The molecular weight excluding hydrogens is 425 g/mol. The van der Waals surface area contributed by atoms with Crippen LogP contribution in [0.1, 0.15) is 49.8 Å². The van der Waals surface area contributed by atoms with E-state index in [9.17, 15) is 9.18 Å². The fraction of sp³-hybridized carbons (Fsp3) is 0.310. The molecule has 0 spiro atoms. The lowest BCUT2D eigenvalue weighted by atomic mass is 9.72. The molecule has 1 heterocycles. The molecule has 0 radical (unpaired) electrons. The lowest BCUT2D eigenvalue weighted by molar-refractivity contribution is -0.122. The summed E-state index contributed by atoms with van der Waals surface area (Å²) in [6, 6.07) is 22.9. The number of carbonyl (C=O) groups is 1. The zero-order valence-corrected chi connectivity index (χ0v) is 19.7. The van der Waals surface area contributed by atoms with E-state index in [0.717, 1.165) is 41.3 Å². The summed E-state index contributed by atoms with van der Waals surface area (Å²) in [7, 11) is 0. The van der Waals surface area contributed by atoms with Crippen LogP contribution in [-0.2, 0) is 4.79 Å². The number of aliphatic imine (C=N–C) groups is 1. The summed E-state index contributed by atoms with van der Waals surface area (Å²) >= 11 is 0. The predicted octanol–water partition coefficient (Wildman–Crippen LogP) is 6.67. The van der Waals surface area contributed by atoms with E-state index in [4.69, 9.17) is 4.99 Å². The molecule has 4 nitrogen and oxygen atoms in total. The second kappa shape index (κ2) is 9.41. The van der Waals surface area contributed by atoms with Crippen LogP contribution in [-0.4, -0.2) is 24.6 Å². The number of hydrogen-bond acceptors (Lipinski definition) is 4. The number of fused-ring (bicyclic) bond motifs is 2. The van der Waals surface area contributed by atoms with Crippen LogP contribution in [0.5, 0.6) is 0 Å². The number of ketones is 1. The van der Waals surface area contributed by atoms with Crippen LogP contribution in [0.15, 0.2) is 77.8 Å². The Morgan fingerprint density at radius 2 is 1.59 bits per heavy atom. The maximum Gasteiger partial charge on any atom is 0.144 e. The third-order valence-electron chi connectivity index (χ3n) is 7.14. The normalized spacial score (nSPS) is 21.6. The molecule has 0 aromatic heterocycles. The van der Waals surface area contributed by atoms with Crippen LogP contribution >= 0.6 is 0 Å². The molecule has 1 fully saturated rings. The summed E-state index contributed by atoms with van der Waals surface area (Å²) in [4.78, 5) is 20.9. The smallest absolute Gasteiger partial charge is 0.144 e. The van der Waals surface area contributed by atoms with Crippen molar-refractivity contribution < 1.29 is 9.18 Å². The topological polar surface area (TPSA) is 44.7 Å². The zero-order valence-electron chi connectivity index (χ0n) is 19.7. The molecule has 0 amide bonds. The number of nitrogens with zero attached hydrogens (tertiary/aromatic N) is 2. The molecule has 5 rings (SSSR count). The van der Waals surface area contributed by atoms with Crippen LogP contribution < -0.4 is 10.2 Å². The standard InChI is InChI=1S/C29H30FN3O/c1-3-33(4-2)23-15-11-20(12-16-23)29-28-26(31-24-7-5-6-8-25(24)32-29)17-21(18-27(28)34)19-9-13-22(30)14-10-19/h5-16,21,28-29,32H,3-4,17-18H2,1-2H3/t21-,28-,29+/m1/s1. The van der Waals surface area contributed by atoms with Crippen molar-refractivity contribution in [2.24, 2.45) is 10.9 Å². The van der Waals surface area contributed by atoms with Gasteiger partial charge in [-0.1, -0.05) is 36.4 Å². The molecule has 0 saturated heterocycles. The Balaban J connectivity index is 1.53. The highest BCUT2D eigenvalue weighted by molar-refractivity contribution is 6.10. The van der Waals surface area contributed by atoms with Gasteiger partial charge in [-0.2, -0.15) is 0 Å². The summed E-state index contributed by atoms with van der Waals surface area (Å²) in [6.07, 6.45) is 1.12. The van der Waals surface area contributed by atoms with Crippen LogP contribution in [0.2, 0.25) is 0 Å². The summed E-state index contributed by atoms with van der Waals surface area (Å²) in [5, 5.41) is 3.65. The van der Waals surface area contributed by atoms with Crippen LogP contribution in [0, 0.1) is 11.7 Å². The number of hydrogen-bond donors (Lipinski definition) is 1. The van der Waals surface area contributed by atoms with Gasteiger partial charge in [0.25, 0.3) is 0 Å². The van der Waals surface area contributed by atoms with Crippen molar-refractivity contribution in [2.75, 3.05) is 23.3 Å². The first-order valence-corrected chi connectivity index (χ1v) is 12.1. The summed E-state index contributed by atoms with van der Waals surface area (Å²) < 4.78 is 13.5. The van der Waals surface area contributed by atoms with E-state index in [1.165, 1.54) is 17.8 Å². The molecule has 1 aliphatic heterocycles. The first kappa shape index (κ1) is 22.3. The average Bonchev–Trinajstić information content (AvgIpc) is 3.02. The van der Waals surface area contributed by atoms with Gasteiger partial charge < -0.3 is 10.2 Å². The Morgan fingerprint density at radius 1 is 0.912 bits per heavy atom. The van der Waals surface area contributed by atoms with Crippen molar-refractivity contribution in [3.05, 3.63) is 89.7 Å². The summed E-state index contributed by atoms with van der Waals surface area (Å²) in [5.74, 6) is -0.401. The Hall–Kier alpha value is -3.47. The van der Waals surface area contributed by atoms with Gasteiger partial charge in [-0.15, -0.1) is 0 Å². The Kier molecular flexibility index (Phi) is 6.18. The van der Waals surface area contributed by atoms with Gasteiger partial charge in [0.1, 0.15) is 11.6 Å². The van der Waals surface area contributed by atoms with Gasteiger partial charge in [-0.05, 0) is 73.7 Å². The summed E-state index contributed by atoms with van der Waals surface area (Å²) in [5.41, 5.74) is 5.95. The molecule has 1 aliphatic carbocycles. The van der Waals surface area contributed by atoms with Gasteiger partial charge in [-0.3, -0.25) is 9.79 Å². The Bertz CT molecular complexity index is 1200. The van der Waals surface area contributed by atoms with Gasteiger partial charge in [0.2, 0.25) is 0 Å². The van der Waals surface area contributed by atoms with E-state index in [-0.39, 0.29) is 29.5 Å². The lowest BCUT2D eigenvalue weighted by Gasteiger charge is -2.34. The highest BCUT2D eigenvalue weighted by Gasteiger charge is 2.41. The van der Waals surface area contributed by atoms with E-state index in [0.29, 0.717) is 12.8 Å². The molecule has 0 unspecified atom stereocenters. The largest absolute Gasteiger partial charge is 0.375 e. The van der Waals surface area contributed by atoms with Crippen molar-refractivity contribution in [2.45, 2.75) is 38.6 Å². The predicted molar refractivity (Wildman–Crippen MR) is 137 cm³/mol. The molecule has 3 atom stereocenters. The third kappa shape index (κ3) is 4.23. The Morgan fingerprint density at radius 3 is 2.29 bits per heavy atom. The number of anilines is 2. The van der Waals surface area contributed by atoms with Crippen LogP contribution in [0.3, 0.4) is 0 Å². The van der Waals surface area contributed by atoms with Gasteiger partial charge in [0.15, 0.2) is 0 Å². The van der Waals surface area contributed by atoms with E-state index < -0.39 is 0 Å². The molecular formula is C29H30FN3O. The molecule has 1 saturated carbocycles.